The Morgan fingerprint density at radius 1 is 1.67 bits per heavy atom. The van der Waals surface area contributed by atoms with E-state index >= 15 is 0 Å². The Morgan fingerprint density at radius 2 is 2.47 bits per heavy atom. The number of aryl methyl sites for hydroxylation is 2. The standard InChI is InChI=1S/C11H15NO2S/c1-2-9-12-11-7(6-10(13)14)4-3-5-8(11)15-9/h7H,2-6H2,1H3,(H,13,14). The molecule has 82 valence electrons. The summed E-state index contributed by atoms with van der Waals surface area (Å²) in [5.74, 6) is -0.554. The third-order valence-electron chi connectivity index (χ3n) is 2.84. The number of carboxylic acid groups (broad SMARTS) is 1. The molecular formula is C11H15NO2S. The Morgan fingerprint density at radius 3 is 3.13 bits per heavy atom. The molecule has 0 saturated carbocycles. The van der Waals surface area contributed by atoms with Crippen LogP contribution in [0.1, 0.15) is 47.7 Å². The first kappa shape index (κ1) is 10.6. The molecule has 0 radical (unpaired) electrons. The molecule has 1 unspecified atom stereocenters. The molecule has 3 nitrogen and oxygen atoms in total. The maximum atomic E-state index is 10.7. The van der Waals surface area contributed by atoms with Gasteiger partial charge in [0.05, 0.1) is 17.1 Å². The van der Waals surface area contributed by atoms with Crippen LogP contribution in [0.2, 0.25) is 0 Å². The van der Waals surface area contributed by atoms with E-state index in [4.69, 9.17) is 5.11 Å². The average Bonchev–Trinajstić information content (AvgIpc) is 2.61. The molecule has 1 aromatic rings. The molecule has 2 rings (SSSR count). The Balaban J connectivity index is 2.24. The minimum absolute atomic E-state index is 0.155. The lowest BCUT2D eigenvalue weighted by atomic mass is 9.88. The molecule has 15 heavy (non-hydrogen) atoms. The van der Waals surface area contributed by atoms with Gasteiger partial charge < -0.3 is 5.11 Å². The van der Waals surface area contributed by atoms with E-state index in [0.717, 1.165) is 36.4 Å². The highest BCUT2D eigenvalue weighted by molar-refractivity contribution is 7.11. The summed E-state index contributed by atoms with van der Waals surface area (Å²) in [6.45, 7) is 2.09. The molecule has 0 saturated heterocycles. The van der Waals surface area contributed by atoms with Crippen molar-refractivity contribution in [3.05, 3.63) is 15.6 Å². The number of hydrogen-bond acceptors (Lipinski definition) is 3. The van der Waals surface area contributed by atoms with Crippen LogP contribution in [-0.2, 0) is 17.6 Å². The Labute approximate surface area is 93.2 Å². The second-order valence-corrected chi connectivity index (χ2v) is 5.12. The quantitative estimate of drug-likeness (QED) is 0.860. The molecule has 0 bridgehead atoms. The average molecular weight is 225 g/mol. The summed E-state index contributed by atoms with van der Waals surface area (Å²) in [5.41, 5.74) is 1.07. The highest BCUT2D eigenvalue weighted by Crippen LogP contribution is 2.36. The number of thiazole rings is 1. The minimum Gasteiger partial charge on any atom is -0.481 e. The molecule has 0 aliphatic heterocycles. The highest BCUT2D eigenvalue weighted by Gasteiger charge is 2.26. The fourth-order valence-corrected chi connectivity index (χ4v) is 3.25. The number of carboxylic acids is 1. The van der Waals surface area contributed by atoms with Gasteiger partial charge in [-0.15, -0.1) is 11.3 Å². The minimum atomic E-state index is -0.709. The molecule has 0 aromatic carbocycles. The molecule has 0 fully saturated rings. The lowest BCUT2D eigenvalue weighted by Gasteiger charge is -2.18. The number of aromatic nitrogens is 1. The number of rotatable bonds is 3. The van der Waals surface area contributed by atoms with Crippen LogP contribution < -0.4 is 0 Å². The predicted octanol–water partition coefficient (Wildman–Crippen LogP) is 2.60. The third-order valence-corrected chi connectivity index (χ3v) is 4.11. The van der Waals surface area contributed by atoms with Crippen LogP contribution >= 0.6 is 11.3 Å². The summed E-state index contributed by atoms with van der Waals surface area (Å²) in [7, 11) is 0. The Kier molecular flexibility index (Phi) is 3.05. The van der Waals surface area contributed by atoms with Gasteiger partial charge in [0.15, 0.2) is 0 Å². The summed E-state index contributed by atoms with van der Waals surface area (Å²) >= 11 is 1.76. The van der Waals surface area contributed by atoms with Gasteiger partial charge in [-0.2, -0.15) is 0 Å². The fourth-order valence-electron chi connectivity index (χ4n) is 2.12. The lowest BCUT2D eigenvalue weighted by molar-refractivity contribution is -0.137. The first-order chi connectivity index (χ1) is 7.20. The zero-order chi connectivity index (χ0) is 10.8. The van der Waals surface area contributed by atoms with E-state index < -0.39 is 5.97 Å². The maximum absolute atomic E-state index is 10.7. The predicted molar refractivity (Wildman–Crippen MR) is 59.4 cm³/mol. The van der Waals surface area contributed by atoms with Crippen molar-refractivity contribution < 1.29 is 9.90 Å². The highest BCUT2D eigenvalue weighted by atomic mass is 32.1. The zero-order valence-corrected chi connectivity index (χ0v) is 9.64. The van der Waals surface area contributed by atoms with E-state index in [0.29, 0.717) is 0 Å². The maximum Gasteiger partial charge on any atom is 0.304 e. The SMILES string of the molecule is CCc1nc2c(s1)CCCC2CC(=O)O. The van der Waals surface area contributed by atoms with Crippen molar-refractivity contribution in [1.29, 1.82) is 0 Å². The van der Waals surface area contributed by atoms with E-state index in [-0.39, 0.29) is 12.3 Å². The first-order valence-electron chi connectivity index (χ1n) is 5.41. The molecule has 1 N–H and O–H groups in total. The van der Waals surface area contributed by atoms with Gasteiger partial charge in [-0.25, -0.2) is 4.98 Å². The number of hydrogen-bond donors (Lipinski definition) is 1. The molecular weight excluding hydrogens is 210 g/mol. The lowest BCUT2D eigenvalue weighted by Crippen LogP contribution is -2.12. The van der Waals surface area contributed by atoms with E-state index in [2.05, 4.69) is 11.9 Å². The van der Waals surface area contributed by atoms with Crippen molar-refractivity contribution in [3.8, 4) is 0 Å². The summed E-state index contributed by atoms with van der Waals surface area (Å²) in [6, 6.07) is 0. The van der Waals surface area contributed by atoms with Gasteiger partial charge in [-0.1, -0.05) is 6.92 Å². The monoisotopic (exact) mass is 225 g/mol. The number of aliphatic carboxylic acids is 1. The van der Waals surface area contributed by atoms with Gasteiger partial charge in [-0.05, 0) is 25.7 Å². The van der Waals surface area contributed by atoms with Gasteiger partial charge in [0, 0.05) is 10.8 Å². The molecule has 1 atom stereocenters. The molecule has 0 spiro atoms. The van der Waals surface area contributed by atoms with Gasteiger partial charge >= 0.3 is 5.97 Å². The van der Waals surface area contributed by atoms with Crippen LogP contribution in [0.5, 0.6) is 0 Å². The second kappa shape index (κ2) is 4.31. The normalized spacial score (nSPS) is 19.9. The van der Waals surface area contributed by atoms with Crippen LogP contribution in [0.25, 0.3) is 0 Å². The smallest absolute Gasteiger partial charge is 0.304 e. The van der Waals surface area contributed by atoms with Crippen LogP contribution in [0.4, 0.5) is 0 Å². The van der Waals surface area contributed by atoms with E-state index in [9.17, 15) is 4.79 Å². The van der Waals surface area contributed by atoms with Crippen LogP contribution in [0.3, 0.4) is 0 Å². The van der Waals surface area contributed by atoms with Crippen molar-refractivity contribution in [3.63, 3.8) is 0 Å². The fraction of sp³-hybridized carbons (Fsp3) is 0.636. The van der Waals surface area contributed by atoms with E-state index in [1.807, 2.05) is 0 Å². The largest absolute Gasteiger partial charge is 0.481 e. The second-order valence-electron chi connectivity index (χ2n) is 3.96. The Bertz CT molecular complexity index is 373. The number of carbonyl (C=O) groups is 1. The van der Waals surface area contributed by atoms with Gasteiger partial charge in [-0.3, -0.25) is 4.79 Å². The molecule has 1 heterocycles. The van der Waals surface area contributed by atoms with Crippen LogP contribution in [-0.4, -0.2) is 16.1 Å². The van der Waals surface area contributed by atoms with Gasteiger partial charge in [0.1, 0.15) is 0 Å². The van der Waals surface area contributed by atoms with Crippen molar-refractivity contribution in [2.45, 2.75) is 44.9 Å². The topological polar surface area (TPSA) is 50.2 Å². The van der Waals surface area contributed by atoms with Crippen molar-refractivity contribution in [2.75, 3.05) is 0 Å². The summed E-state index contributed by atoms with van der Waals surface area (Å²) < 4.78 is 0. The molecule has 1 aliphatic rings. The van der Waals surface area contributed by atoms with Crippen molar-refractivity contribution in [2.24, 2.45) is 0 Å². The Hall–Kier alpha value is -0.900. The van der Waals surface area contributed by atoms with Gasteiger partial charge in [0.2, 0.25) is 0 Å². The van der Waals surface area contributed by atoms with Crippen molar-refractivity contribution in [1.82, 2.24) is 4.98 Å². The van der Waals surface area contributed by atoms with Crippen LogP contribution in [0.15, 0.2) is 0 Å². The third kappa shape index (κ3) is 2.20. The zero-order valence-electron chi connectivity index (χ0n) is 8.82. The molecule has 1 aliphatic carbocycles. The molecule has 0 amide bonds. The van der Waals surface area contributed by atoms with Crippen LogP contribution in [0, 0.1) is 0 Å². The van der Waals surface area contributed by atoms with E-state index in [1.54, 1.807) is 11.3 Å². The summed E-state index contributed by atoms with van der Waals surface area (Å²) in [5, 5.41) is 9.98. The summed E-state index contributed by atoms with van der Waals surface area (Å²) in [6.07, 6.45) is 4.36. The first-order valence-corrected chi connectivity index (χ1v) is 6.22. The number of nitrogens with zero attached hydrogens (tertiary/aromatic N) is 1. The van der Waals surface area contributed by atoms with Crippen molar-refractivity contribution >= 4 is 17.3 Å². The van der Waals surface area contributed by atoms with Gasteiger partial charge in [0.25, 0.3) is 0 Å². The number of fused-ring (bicyclic) bond motifs is 1. The molecule has 1 aromatic heterocycles. The summed E-state index contributed by atoms with van der Waals surface area (Å²) in [4.78, 5) is 16.6. The molecule has 4 heteroatoms. The van der Waals surface area contributed by atoms with E-state index in [1.165, 1.54) is 4.88 Å².